The third-order valence-electron chi connectivity index (χ3n) is 5.76. The molecule has 4 rings (SSSR count). The lowest BCUT2D eigenvalue weighted by molar-refractivity contribution is 0.194. The number of likely N-dealkylation sites (tertiary alicyclic amines) is 1. The lowest BCUT2D eigenvalue weighted by Gasteiger charge is -2.37. The molecule has 3 aliphatic rings. The van der Waals surface area contributed by atoms with Gasteiger partial charge in [-0.1, -0.05) is 13.0 Å². The molecule has 1 aromatic carbocycles. The normalized spacial score (nSPS) is 20.0. The van der Waals surface area contributed by atoms with Crippen LogP contribution in [0.1, 0.15) is 42.0 Å². The Hall–Kier alpha value is -1.60. The van der Waals surface area contributed by atoms with Crippen LogP contribution in [-0.2, 0) is 35.7 Å². The number of amides is 2. The highest BCUT2D eigenvalue weighted by Gasteiger charge is 2.37. The molecule has 1 aliphatic heterocycles. The second-order valence-electron chi connectivity index (χ2n) is 7.31. The Bertz CT molecular complexity index is 781. The topological polar surface area (TPSA) is 78.5 Å². The first-order valence-electron chi connectivity index (χ1n) is 9.19. The molecule has 1 fully saturated rings. The quantitative estimate of drug-likeness (QED) is 0.855. The van der Waals surface area contributed by atoms with E-state index in [9.17, 15) is 13.2 Å². The van der Waals surface area contributed by atoms with Gasteiger partial charge in [-0.2, -0.15) is 0 Å². The molecule has 1 heterocycles. The number of benzene rings is 1. The third kappa shape index (κ3) is 3.04. The fourth-order valence-corrected chi connectivity index (χ4v) is 5.59. The van der Waals surface area contributed by atoms with Gasteiger partial charge in [0.1, 0.15) is 5.25 Å². The minimum atomic E-state index is -3.62. The molecular formula is C18H25N3O3S. The van der Waals surface area contributed by atoms with E-state index in [0.29, 0.717) is 13.1 Å². The van der Waals surface area contributed by atoms with Crippen LogP contribution < -0.4 is 10.0 Å². The summed E-state index contributed by atoms with van der Waals surface area (Å²) in [4.78, 5) is 14.4. The van der Waals surface area contributed by atoms with Crippen molar-refractivity contribution in [1.29, 1.82) is 0 Å². The first-order chi connectivity index (χ1) is 12.0. The molecule has 25 heavy (non-hydrogen) atoms. The van der Waals surface area contributed by atoms with Gasteiger partial charge in [0.25, 0.3) is 0 Å². The van der Waals surface area contributed by atoms with E-state index >= 15 is 0 Å². The summed E-state index contributed by atoms with van der Waals surface area (Å²) in [7, 11) is -3.62. The monoisotopic (exact) mass is 363 g/mol. The van der Waals surface area contributed by atoms with E-state index in [1.807, 2.05) is 11.8 Å². The molecule has 0 aromatic heterocycles. The number of anilines is 1. The SMILES string of the molecule is CCN1CC(S(=O)(=O)NC(=O)Nc2c3c(cc4c2CCC4)CCC3)C1. The van der Waals surface area contributed by atoms with E-state index < -0.39 is 21.3 Å². The molecule has 0 saturated carbocycles. The molecular weight excluding hydrogens is 338 g/mol. The molecule has 7 heteroatoms. The summed E-state index contributed by atoms with van der Waals surface area (Å²) in [6.45, 7) is 3.82. The number of carbonyl (C=O) groups excluding carboxylic acids is 1. The molecule has 0 radical (unpaired) electrons. The number of hydrogen-bond acceptors (Lipinski definition) is 4. The summed E-state index contributed by atoms with van der Waals surface area (Å²) < 4.78 is 26.9. The van der Waals surface area contributed by atoms with Gasteiger partial charge in [-0.25, -0.2) is 17.9 Å². The average molecular weight is 363 g/mol. The number of hydrogen-bond donors (Lipinski definition) is 2. The first-order valence-corrected chi connectivity index (χ1v) is 10.7. The van der Waals surface area contributed by atoms with Crippen molar-refractivity contribution in [1.82, 2.24) is 9.62 Å². The van der Waals surface area contributed by atoms with Gasteiger partial charge in [-0.05, 0) is 67.3 Å². The number of sulfonamides is 1. The summed E-state index contributed by atoms with van der Waals surface area (Å²) >= 11 is 0. The lowest BCUT2D eigenvalue weighted by Crippen LogP contribution is -2.58. The van der Waals surface area contributed by atoms with Crippen molar-refractivity contribution in [3.63, 3.8) is 0 Å². The van der Waals surface area contributed by atoms with E-state index in [4.69, 9.17) is 0 Å². The Morgan fingerprint density at radius 1 is 1.12 bits per heavy atom. The van der Waals surface area contributed by atoms with E-state index in [-0.39, 0.29) is 0 Å². The van der Waals surface area contributed by atoms with Crippen molar-refractivity contribution in [2.45, 2.75) is 50.7 Å². The fourth-order valence-electron chi connectivity index (χ4n) is 4.30. The average Bonchev–Trinajstić information content (AvgIpc) is 3.13. The Balaban J connectivity index is 1.51. The minimum Gasteiger partial charge on any atom is -0.307 e. The molecule has 136 valence electrons. The number of rotatable bonds is 4. The molecule has 0 atom stereocenters. The summed E-state index contributed by atoms with van der Waals surface area (Å²) in [5, 5.41) is 2.39. The number of nitrogens with one attached hydrogen (secondary N) is 2. The minimum absolute atomic E-state index is 0.495. The van der Waals surface area contributed by atoms with Crippen LogP contribution in [0.25, 0.3) is 0 Å². The van der Waals surface area contributed by atoms with Gasteiger partial charge in [0.05, 0.1) is 0 Å². The van der Waals surface area contributed by atoms with Crippen molar-refractivity contribution in [2.24, 2.45) is 0 Å². The Labute approximate surface area is 149 Å². The summed E-state index contributed by atoms with van der Waals surface area (Å²) in [5.41, 5.74) is 5.91. The first kappa shape index (κ1) is 16.8. The van der Waals surface area contributed by atoms with Crippen molar-refractivity contribution in [3.05, 3.63) is 28.3 Å². The number of urea groups is 1. The van der Waals surface area contributed by atoms with Gasteiger partial charge in [-0.3, -0.25) is 0 Å². The predicted molar refractivity (Wildman–Crippen MR) is 97.5 cm³/mol. The maximum Gasteiger partial charge on any atom is 0.332 e. The molecule has 6 nitrogen and oxygen atoms in total. The van der Waals surface area contributed by atoms with Crippen molar-refractivity contribution >= 4 is 21.7 Å². The van der Waals surface area contributed by atoms with Crippen molar-refractivity contribution < 1.29 is 13.2 Å². The van der Waals surface area contributed by atoms with E-state index in [2.05, 4.69) is 16.1 Å². The van der Waals surface area contributed by atoms with Crippen LogP contribution in [0.4, 0.5) is 10.5 Å². The third-order valence-corrected chi connectivity index (χ3v) is 7.40. The highest BCUT2D eigenvalue weighted by atomic mass is 32.2. The van der Waals surface area contributed by atoms with Crippen LogP contribution in [-0.4, -0.2) is 44.2 Å². The van der Waals surface area contributed by atoms with Gasteiger partial charge in [-0.15, -0.1) is 0 Å². The van der Waals surface area contributed by atoms with Crippen LogP contribution in [0.2, 0.25) is 0 Å². The van der Waals surface area contributed by atoms with Crippen LogP contribution in [0.5, 0.6) is 0 Å². The van der Waals surface area contributed by atoms with Crippen LogP contribution in [0.15, 0.2) is 6.07 Å². The zero-order chi connectivity index (χ0) is 17.6. The van der Waals surface area contributed by atoms with Crippen LogP contribution in [0.3, 0.4) is 0 Å². The molecule has 1 aromatic rings. The number of nitrogens with zero attached hydrogens (tertiary/aromatic N) is 1. The van der Waals surface area contributed by atoms with Gasteiger partial charge >= 0.3 is 6.03 Å². The van der Waals surface area contributed by atoms with Gasteiger partial charge in [0.15, 0.2) is 0 Å². The molecule has 2 aliphatic carbocycles. The van der Waals surface area contributed by atoms with Crippen LogP contribution in [0, 0.1) is 0 Å². The zero-order valence-electron chi connectivity index (χ0n) is 14.6. The molecule has 0 bridgehead atoms. The summed E-state index contributed by atoms with van der Waals surface area (Å²) in [5.74, 6) is 0. The summed E-state index contributed by atoms with van der Waals surface area (Å²) in [6, 6.07) is 1.67. The number of aryl methyl sites for hydroxylation is 2. The molecule has 2 amide bonds. The predicted octanol–water partition coefficient (Wildman–Crippen LogP) is 1.82. The maximum absolute atomic E-state index is 12.4. The van der Waals surface area contributed by atoms with E-state index in [0.717, 1.165) is 50.8 Å². The Morgan fingerprint density at radius 3 is 2.28 bits per heavy atom. The smallest absolute Gasteiger partial charge is 0.307 e. The van der Waals surface area contributed by atoms with Crippen molar-refractivity contribution in [3.8, 4) is 0 Å². The number of carbonyl (C=O) groups is 1. The Morgan fingerprint density at radius 2 is 1.72 bits per heavy atom. The standard InChI is InChI=1S/C18H25N3O3S/c1-2-21-10-14(11-21)25(23,24)20-18(22)19-17-15-7-3-5-12(15)9-13-6-4-8-16(13)17/h9,14H,2-8,10-11H2,1H3,(H2,19,20,22). The second kappa shape index (κ2) is 6.29. The van der Waals surface area contributed by atoms with E-state index in [1.165, 1.54) is 22.3 Å². The van der Waals surface area contributed by atoms with Crippen molar-refractivity contribution in [2.75, 3.05) is 25.0 Å². The van der Waals surface area contributed by atoms with Gasteiger partial charge in [0, 0.05) is 18.8 Å². The largest absolute Gasteiger partial charge is 0.332 e. The molecule has 0 unspecified atom stereocenters. The van der Waals surface area contributed by atoms with E-state index in [1.54, 1.807) is 0 Å². The lowest BCUT2D eigenvalue weighted by atomic mass is 9.99. The maximum atomic E-state index is 12.4. The molecule has 0 spiro atoms. The van der Waals surface area contributed by atoms with Gasteiger partial charge in [0.2, 0.25) is 10.0 Å². The zero-order valence-corrected chi connectivity index (χ0v) is 15.4. The highest BCUT2D eigenvalue weighted by molar-refractivity contribution is 7.90. The van der Waals surface area contributed by atoms with Gasteiger partial charge < -0.3 is 10.2 Å². The molecule has 1 saturated heterocycles. The Kier molecular flexibility index (Phi) is 4.24. The second-order valence-corrected chi connectivity index (χ2v) is 9.27. The fraction of sp³-hybridized carbons (Fsp3) is 0.611. The number of fused-ring (bicyclic) bond motifs is 2. The molecule has 2 N–H and O–H groups in total. The summed E-state index contributed by atoms with van der Waals surface area (Å²) in [6.07, 6.45) is 6.21. The highest BCUT2D eigenvalue weighted by Crippen LogP contribution is 2.38. The van der Waals surface area contributed by atoms with Crippen LogP contribution >= 0.6 is 0 Å².